The molecule has 0 unspecified atom stereocenters. The van der Waals surface area contributed by atoms with E-state index in [1.54, 1.807) is 11.3 Å². The van der Waals surface area contributed by atoms with Crippen LogP contribution in [0.25, 0.3) is 0 Å². The van der Waals surface area contributed by atoms with Crippen molar-refractivity contribution in [3.05, 3.63) is 33.5 Å². The molecule has 5 heteroatoms. The van der Waals surface area contributed by atoms with Crippen LogP contribution in [0.5, 0.6) is 0 Å². The monoisotopic (exact) mass is 250 g/mol. The predicted molar refractivity (Wildman–Crippen MR) is 70.3 cm³/mol. The number of rotatable bonds is 5. The van der Waals surface area contributed by atoms with E-state index in [1.807, 2.05) is 10.9 Å². The van der Waals surface area contributed by atoms with Gasteiger partial charge >= 0.3 is 0 Å². The number of nitrogens with one attached hydrogen (secondary N) is 1. The predicted octanol–water partition coefficient (Wildman–Crippen LogP) is 2.11. The molecule has 92 valence electrons. The minimum atomic E-state index is 0.769. The summed E-state index contributed by atoms with van der Waals surface area (Å²) < 4.78 is 1.95. The van der Waals surface area contributed by atoms with Crippen molar-refractivity contribution in [3.8, 4) is 0 Å². The van der Waals surface area contributed by atoms with Crippen molar-refractivity contribution >= 4 is 11.3 Å². The Labute approximate surface area is 106 Å². The number of aromatic nitrogens is 3. The Morgan fingerprint density at radius 3 is 2.88 bits per heavy atom. The topological polar surface area (TPSA) is 42.7 Å². The molecule has 0 aliphatic heterocycles. The van der Waals surface area contributed by atoms with Crippen LogP contribution in [0.4, 0.5) is 0 Å². The standard InChI is InChI=1S/C12H18N4S/c1-4-13-7-11-5-6-16(15-11)8-12-14-9(2)10(3)17-12/h5-6,13H,4,7-8H2,1-3H3. The Hall–Kier alpha value is -1.20. The summed E-state index contributed by atoms with van der Waals surface area (Å²) in [5, 5.41) is 8.89. The maximum Gasteiger partial charge on any atom is 0.115 e. The van der Waals surface area contributed by atoms with Gasteiger partial charge in [-0.05, 0) is 26.5 Å². The van der Waals surface area contributed by atoms with Crippen LogP contribution >= 0.6 is 11.3 Å². The molecule has 0 fully saturated rings. The van der Waals surface area contributed by atoms with E-state index in [-0.39, 0.29) is 0 Å². The third-order valence-corrected chi connectivity index (χ3v) is 3.68. The van der Waals surface area contributed by atoms with E-state index in [4.69, 9.17) is 0 Å². The van der Waals surface area contributed by atoms with E-state index >= 15 is 0 Å². The number of aryl methyl sites for hydroxylation is 2. The van der Waals surface area contributed by atoms with Crippen LogP contribution in [0.2, 0.25) is 0 Å². The van der Waals surface area contributed by atoms with Gasteiger partial charge in [-0.1, -0.05) is 6.92 Å². The third-order valence-electron chi connectivity index (χ3n) is 2.62. The minimum Gasteiger partial charge on any atom is -0.311 e. The first kappa shape index (κ1) is 12.3. The van der Waals surface area contributed by atoms with Crippen LogP contribution in [0.15, 0.2) is 12.3 Å². The van der Waals surface area contributed by atoms with Gasteiger partial charge < -0.3 is 5.32 Å². The zero-order chi connectivity index (χ0) is 12.3. The first-order chi connectivity index (χ1) is 8.19. The molecule has 0 saturated heterocycles. The average Bonchev–Trinajstić information content (AvgIpc) is 2.85. The first-order valence-corrected chi connectivity index (χ1v) is 6.66. The molecule has 0 bridgehead atoms. The van der Waals surface area contributed by atoms with Crippen molar-refractivity contribution in [2.45, 2.75) is 33.9 Å². The second-order valence-electron chi connectivity index (χ2n) is 4.03. The van der Waals surface area contributed by atoms with E-state index in [2.05, 4.69) is 42.2 Å². The normalized spacial score (nSPS) is 11.0. The van der Waals surface area contributed by atoms with Crippen molar-refractivity contribution in [2.24, 2.45) is 0 Å². The number of hydrogen-bond donors (Lipinski definition) is 1. The average molecular weight is 250 g/mol. The van der Waals surface area contributed by atoms with E-state index in [0.717, 1.165) is 36.0 Å². The van der Waals surface area contributed by atoms with Gasteiger partial charge in [-0.2, -0.15) is 5.10 Å². The SMILES string of the molecule is CCNCc1ccn(Cc2nc(C)c(C)s2)n1. The van der Waals surface area contributed by atoms with Crippen molar-refractivity contribution < 1.29 is 0 Å². The molecule has 0 aliphatic carbocycles. The van der Waals surface area contributed by atoms with Gasteiger partial charge in [0.05, 0.1) is 17.9 Å². The number of hydrogen-bond acceptors (Lipinski definition) is 4. The molecule has 2 rings (SSSR count). The highest BCUT2D eigenvalue weighted by atomic mass is 32.1. The summed E-state index contributed by atoms with van der Waals surface area (Å²) in [6, 6.07) is 2.05. The molecule has 2 aromatic heterocycles. The smallest absolute Gasteiger partial charge is 0.115 e. The zero-order valence-electron chi connectivity index (χ0n) is 10.5. The second-order valence-corrected chi connectivity index (χ2v) is 5.32. The van der Waals surface area contributed by atoms with Gasteiger partial charge in [-0.3, -0.25) is 4.68 Å². The van der Waals surface area contributed by atoms with Crippen LogP contribution in [0.3, 0.4) is 0 Å². The molecular formula is C12H18N4S. The summed E-state index contributed by atoms with van der Waals surface area (Å²) in [4.78, 5) is 5.81. The molecular weight excluding hydrogens is 232 g/mol. The van der Waals surface area contributed by atoms with Crippen LogP contribution in [-0.4, -0.2) is 21.3 Å². The maximum atomic E-state index is 4.52. The molecule has 2 aromatic rings. The Bertz CT molecular complexity index is 467. The van der Waals surface area contributed by atoms with E-state index < -0.39 is 0 Å². The Kier molecular flexibility index (Phi) is 3.91. The fourth-order valence-electron chi connectivity index (χ4n) is 1.58. The highest BCUT2D eigenvalue weighted by Crippen LogP contribution is 2.17. The lowest BCUT2D eigenvalue weighted by Crippen LogP contribution is -2.12. The van der Waals surface area contributed by atoms with Crippen LogP contribution in [0, 0.1) is 13.8 Å². The summed E-state index contributed by atoms with van der Waals surface area (Å²) in [6.45, 7) is 8.83. The molecule has 0 aliphatic rings. The molecule has 0 amide bonds. The molecule has 4 nitrogen and oxygen atoms in total. The minimum absolute atomic E-state index is 0.769. The van der Waals surface area contributed by atoms with Gasteiger partial charge in [0.1, 0.15) is 5.01 Å². The molecule has 0 aromatic carbocycles. The van der Waals surface area contributed by atoms with Crippen molar-refractivity contribution in [3.63, 3.8) is 0 Å². The third kappa shape index (κ3) is 3.14. The fourth-order valence-corrected chi connectivity index (χ4v) is 2.51. The zero-order valence-corrected chi connectivity index (χ0v) is 11.3. The van der Waals surface area contributed by atoms with Gasteiger partial charge in [-0.25, -0.2) is 4.98 Å². The summed E-state index contributed by atoms with van der Waals surface area (Å²) in [5.74, 6) is 0. The first-order valence-electron chi connectivity index (χ1n) is 5.85. The summed E-state index contributed by atoms with van der Waals surface area (Å²) in [6.07, 6.45) is 2.01. The highest BCUT2D eigenvalue weighted by molar-refractivity contribution is 7.11. The fraction of sp³-hybridized carbons (Fsp3) is 0.500. The largest absolute Gasteiger partial charge is 0.311 e. The van der Waals surface area contributed by atoms with Crippen LogP contribution in [0.1, 0.15) is 28.2 Å². The quantitative estimate of drug-likeness (QED) is 0.884. The lowest BCUT2D eigenvalue weighted by molar-refractivity contribution is 0.642. The molecule has 0 saturated carbocycles. The number of nitrogens with zero attached hydrogens (tertiary/aromatic N) is 3. The van der Waals surface area contributed by atoms with E-state index in [1.165, 1.54) is 4.88 Å². The lowest BCUT2D eigenvalue weighted by Gasteiger charge is -1.98. The van der Waals surface area contributed by atoms with Crippen molar-refractivity contribution in [1.29, 1.82) is 0 Å². The summed E-state index contributed by atoms with van der Waals surface area (Å²) in [5.41, 5.74) is 2.21. The van der Waals surface area contributed by atoms with Crippen LogP contribution in [-0.2, 0) is 13.1 Å². The van der Waals surface area contributed by atoms with Crippen LogP contribution < -0.4 is 5.32 Å². The van der Waals surface area contributed by atoms with Gasteiger partial charge in [0.25, 0.3) is 0 Å². The van der Waals surface area contributed by atoms with Crippen molar-refractivity contribution in [2.75, 3.05) is 6.54 Å². The van der Waals surface area contributed by atoms with Crippen molar-refractivity contribution in [1.82, 2.24) is 20.1 Å². The molecule has 2 heterocycles. The number of thiazole rings is 1. The molecule has 17 heavy (non-hydrogen) atoms. The Morgan fingerprint density at radius 1 is 1.41 bits per heavy atom. The van der Waals surface area contributed by atoms with E-state index in [9.17, 15) is 0 Å². The molecule has 0 radical (unpaired) electrons. The van der Waals surface area contributed by atoms with Gasteiger partial charge in [0.15, 0.2) is 0 Å². The second kappa shape index (κ2) is 5.42. The Balaban J connectivity index is 2.01. The Morgan fingerprint density at radius 2 is 2.24 bits per heavy atom. The van der Waals surface area contributed by atoms with Gasteiger partial charge in [0, 0.05) is 17.6 Å². The van der Waals surface area contributed by atoms with Gasteiger partial charge in [0.2, 0.25) is 0 Å². The maximum absolute atomic E-state index is 4.52. The summed E-state index contributed by atoms with van der Waals surface area (Å²) >= 11 is 1.75. The van der Waals surface area contributed by atoms with E-state index in [0.29, 0.717) is 0 Å². The molecule has 0 atom stereocenters. The summed E-state index contributed by atoms with van der Waals surface area (Å²) in [7, 11) is 0. The lowest BCUT2D eigenvalue weighted by atomic mass is 10.4. The highest BCUT2D eigenvalue weighted by Gasteiger charge is 2.05. The molecule has 1 N–H and O–H groups in total. The van der Waals surface area contributed by atoms with Gasteiger partial charge in [-0.15, -0.1) is 11.3 Å². The molecule has 0 spiro atoms.